The molecule has 1 heterocycles. The number of aryl methyl sites for hydroxylation is 1. The van der Waals surface area contributed by atoms with Crippen LogP contribution in [0.15, 0.2) is 47.4 Å². The van der Waals surface area contributed by atoms with E-state index < -0.39 is 10.0 Å². The van der Waals surface area contributed by atoms with Gasteiger partial charge in [-0.1, -0.05) is 12.1 Å². The number of methoxy groups -OCH3 is 1. The maximum Gasteiger partial charge on any atom is 0.261 e. The second kappa shape index (κ2) is 6.76. The highest BCUT2D eigenvalue weighted by Gasteiger charge is 2.26. The Labute approximate surface area is 147 Å². The molecule has 0 unspecified atom stereocenters. The van der Waals surface area contributed by atoms with Gasteiger partial charge in [0.1, 0.15) is 5.75 Å². The summed E-state index contributed by atoms with van der Waals surface area (Å²) in [4.78, 5) is 13.7. The molecule has 2 aromatic carbocycles. The highest BCUT2D eigenvalue weighted by atomic mass is 32.2. The zero-order valence-corrected chi connectivity index (χ0v) is 15.0. The fraction of sp³-hybridized carbons (Fsp3) is 0.278. The van der Waals surface area contributed by atoms with Crippen molar-refractivity contribution in [1.82, 2.24) is 0 Å². The number of sulfonamides is 1. The van der Waals surface area contributed by atoms with Crippen LogP contribution in [0.5, 0.6) is 5.75 Å². The Bertz CT molecular complexity index is 909. The second-order valence-electron chi connectivity index (χ2n) is 5.96. The predicted molar refractivity (Wildman–Crippen MR) is 96.6 cm³/mol. The standard InChI is InChI=1S/C18H20N2O4S/c1-13-5-3-6-14(11-13)19-25(22,23)15-8-9-17(24-2)16(12-15)20-10-4-7-18(20)21/h3,5-6,8-9,11-12,19H,4,7,10H2,1-2H3. The van der Waals surface area contributed by atoms with Crippen molar-refractivity contribution in [2.45, 2.75) is 24.7 Å². The van der Waals surface area contributed by atoms with Gasteiger partial charge < -0.3 is 9.64 Å². The average molecular weight is 360 g/mol. The molecule has 0 atom stereocenters. The highest BCUT2D eigenvalue weighted by Crippen LogP contribution is 2.34. The number of nitrogens with zero attached hydrogens (tertiary/aromatic N) is 1. The third kappa shape index (κ3) is 3.61. The number of benzene rings is 2. The molecule has 0 saturated carbocycles. The Kier molecular flexibility index (Phi) is 4.67. The van der Waals surface area contributed by atoms with E-state index >= 15 is 0 Å². The Balaban J connectivity index is 1.97. The number of carbonyl (C=O) groups is 1. The van der Waals surface area contributed by atoms with Gasteiger partial charge in [-0.2, -0.15) is 0 Å². The molecule has 1 N–H and O–H groups in total. The van der Waals surface area contributed by atoms with Crippen LogP contribution >= 0.6 is 0 Å². The lowest BCUT2D eigenvalue weighted by Crippen LogP contribution is -2.24. The van der Waals surface area contributed by atoms with Crippen LogP contribution in [0.4, 0.5) is 11.4 Å². The van der Waals surface area contributed by atoms with Gasteiger partial charge in [-0.15, -0.1) is 0 Å². The maximum absolute atomic E-state index is 12.7. The molecule has 3 rings (SSSR count). The van der Waals surface area contributed by atoms with Crippen LogP contribution < -0.4 is 14.4 Å². The number of anilines is 2. The zero-order valence-electron chi connectivity index (χ0n) is 14.2. The van der Waals surface area contributed by atoms with Gasteiger partial charge in [-0.25, -0.2) is 8.42 Å². The van der Waals surface area contributed by atoms with E-state index in [9.17, 15) is 13.2 Å². The molecule has 2 aromatic rings. The van der Waals surface area contributed by atoms with Crippen LogP contribution in [0, 0.1) is 6.92 Å². The van der Waals surface area contributed by atoms with Gasteiger partial charge in [0.05, 0.1) is 17.7 Å². The van der Waals surface area contributed by atoms with Crippen molar-refractivity contribution in [2.24, 2.45) is 0 Å². The van der Waals surface area contributed by atoms with Crippen molar-refractivity contribution in [2.75, 3.05) is 23.3 Å². The molecule has 1 saturated heterocycles. The highest BCUT2D eigenvalue weighted by molar-refractivity contribution is 7.92. The first-order valence-electron chi connectivity index (χ1n) is 7.98. The molecule has 1 aliphatic heterocycles. The number of carbonyl (C=O) groups excluding carboxylic acids is 1. The van der Waals surface area contributed by atoms with E-state index in [1.807, 2.05) is 13.0 Å². The smallest absolute Gasteiger partial charge is 0.261 e. The van der Waals surface area contributed by atoms with Gasteiger partial charge in [-0.3, -0.25) is 9.52 Å². The molecule has 25 heavy (non-hydrogen) atoms. The van der Waals surface area contributed by atoms with Gasteiger partial charge in [0.25, 0.3) is 10.0 Å². The molecular weight excluding hydrogens is 340 g/mol. The summed E-state index contributed by atoms with van der Waals surface area (Å²) in [7, 11) is -2.27. The van der Waals surface area contributed by atoms with Gasteiger partial charge in [0, 0.05) is 18.7 Å². The molecule has 6 nitrogen and oxygen atoms in total. The van der Waals surface area contributed by atoms with Crippen LogP contribution in [0.3, 0.4) is 0 Å². The van der Waals surface area contributed by atoms with Crippen molar-refractivity contribution < 1.29 is 17.9 Å². The lowest BCUT2D eigenvalue weighted by atomic mass is 10.2. The van der Waals surface area contributed by atoms with Crippen molar-refractivity contribution in [3.05, 3.63) is 48.0 Å². The summed E-state index contributed by atoms with van der Waals surface area (Å²) in [6.45, 7) is 2.45. The summed E-state index contributed by atoms with van der Waals surface area (Å²) in [6, 6.07) is 11.7. The molecule has 7 heteroatoms. The topological polar surface area (TPSA) is 75.7 Å². The van der Waals surface area contributed by atoms with E-state index in [0.717, 1.165) is 12.0 Å². The van der Waals surface area contributed by atoms with Crippen molar-refractivity contribution in [3.63, 3.8) is 0 Å². The quantitative estimate of drug-likeness (QED) is 0.889. The molecule has 0 spiro atoms. The number of hydrogen-bond acceptors (Lipinski definition) is 4. The van der Waals surface area contributed by atoms with E-state index in [-0.39, 0.29) is 10.8 Å². The van der Waals surface area contributed by atoms with Gasteiger partial charge >= 0.3 is 0 Å². The Hall–Kier alpha value is -2.54. The Morgan fingerprint density at radius 2 is 1.96 bits per heavy atom. The maximum atomic E-state index is 12.7. The summed E-state index contributed by atoms with van der Waals surface area (Å²) < 4.78 is 33.3. The first-order chi connectivity index (χ1) is 11.9. The summed E-state index contributed by atoms with van der Waals surface area (Å²) in [5.41, 5.74) is 1.94. The second-order valence-corrected chi connectivity index (χ2v) is 7.64. The fourth-order valence-electron chi connectivity index (χ4n) is 2.87. The van der Waals surface area contributed by atoms with Crippen LogP contribution in [0.25, 0.3) is 0 Å². The molecule has 0 aliphatic carbocycles. The van der Waals surface area contributed by atoms with Crippen LogP contribution in [-0.2, 0) is 14.8 Å². The number of amides is 1. The molecule has 0 aromatic heterocycles. The largest absolute Gasteiger partial charge is 0.495 e. The molecule has 0 bridgehead atoms. The van der Waals surface area contributed by atoms with Gasteiger partial charge in [-0.05, 0) is 49.2 Å². The summed E-state index contributed by atoms with van der Waals surface area (Å²) in [5, 5.41) is 0. The minimum atomic E-state index is -3.77. The Morgan fingerprint density at radius 1 is 1.16 bits per heavy atom. The molecule has 1 aliphatic rings. The number of nitrogens with one attached hydrogen (secondary N) is 1. The lowest BCUT2D eigenvalue weighted by Gasteiger charge is -2.20. The molecule has 1 amide bonds. The summed E-state index contributed by atoms with van der Waals surface area (Å²) in [6.07, 6.45) is 1.21. The van der Waals surface area contributed by atoms with Crippen molar-refractivity contribution in [1.29, 1.82) is 0 Å². The van der Waals surface area contributed by atoms with E-state index in [0.29, 0.717) is 30.1 Å². The first kappa shape index (κ1) is 17.3. The number of ether oxygens (including phenoxy) is 1. The van der Waals surface area contributed by atoms with Crippen molar-refractivity contribution in [3.8, 4) is 5.75 Å². The summed E-state index contributed by atoms with van der Waals surface area (Å²) >= 11 is 0. The van der Waals surface area contributed by atoms with E-state index in [1.165, 1.54) is 19.2 Å². The zero-order chi connectivity index (χ0) is 18.0. The third-order valence-electron chi connectivity index (χ3n) is 4.10. The Morgan fingerprint density at radius 3 is 2.60 bits per heavy atom. The number of hydrogen-bond donors (Lipinski definition) is 1. The molecular formula is C18H20N2O4S. The molecule has 0 radical (unpaired) electrons. The lowest BCUT2D eigenvalue weighted by molar-refractivity contribution is -0.117. The van der Waals surface area contributed by atoms with Gasteiger partial charge in [0.15, 0.2) is 0 Å². The van der Waals surface area contributed by atoms with Crippen LogP contribution in [-0.4, -0.2) is 28.0 Å². The predicted octanol–water partition coefficient (Wildman–Crippen LogP) is 2.93. The minimum absolute atomic E-state index is 0.0282. The number of rotatable bonds is 5. The van der Waals surface area contributed by atoms with Crippen LogP contribution in [0.1, 0.15) is 18.4 Å². The molecule has 1 fully saturated rings. The third-order valence-corrected chi connectivity index (χ3v) is 5.47. The molecule has 132 valence electrons. The van der Waals surface area contributed by atoms with E-state index in [2.05, 4.69) is 4.72 Å². The normalized spacial score (nSPS) is 14.6. The average Bonchev–Trinajstić information content (AvgIpc) is 2.99. The monoisotopic (exact) mass is 360 g/mol. The minimum Gasteiger partial charge on any atom is -0.495 e. The van der Waals surface area contributed by atoms with E-state index in [4.69, 9.17) is 4.74 Å². The van der Waals surface area contributed by atoms with Gasteiger partial charge in [0.2, 0.25) is 5.91 Å². The SMILES string of the molecule is COc1ccc(S(=O)(=O)Nc2cccc(C)c2)cc1N1CCCC1=O. The summed E-state index contributed by atoms with van der Waals surface area (Å²) in [5.74, 6) is 0.448. The van der Waals surface area contributed by atoms with Crippen LogP contribution in [0.2, 0.25) is 0 Å². The first-order valence-corrected chi connectivity index (χ1v) is 9.47. The fourth-order valence-corrected chi connectivity index (χ4v) is 3.94. The van der Waals surface area contributed by atoms with E-state index in [1.54, 1.807) is 29.2 Å². The van der Waals surface area contributed by atoms with Crippen molar-refractivity contribution >= 4 is 27.3 Å².